The Hall–Kier alpha value is -2.18. The Labute approximate surface area is 140 Å². The molecular formula is C17H21N3O2S. The zero-order valence-electron chi connectivity index (χ0n) is 13.3. The van der Waals surface area contributed by atoms with Gasteiger partial charge in [0, 0.05) is 6.54 Å². The van der Waals surface area contributed by atoms with Gasteiger partial charge in [0.25, 0.3) is 5.91 Å². The summed E-state index contributed by atoms with van der Waals surface area (Å²) in [5, 5.41) is 7.32. The van der Waals surface area contributed by atoms with Gasteiger partial charge >= 0.3 is 0 Å². The number of likely N-dealkylation sites (N-methyl/N-ethyl adjacent to an activating group) is 1. The van der Waals surface area contributed by atoms with Gasteiger partial charge in [-0.25, -0.2) is 0 Å². The van der Waals surface area contributed by atoms with E-state index in [1.807, 2.05) is 49.8 Å². The Kier molecular flexibility index (Phi) is 6.31. The Bertz CT molecular complexity index is 627. The van der Waals surface area contributed by atoms with E-state index in [0.717, 1.165) is 5.56 Å². The van der Waals surface area contributed by atoms with Crippen LogP contribution in [0, 0.1) is 0 Å². The van der Waals surface area contributed by atoms with E-state index in [9.17, 15) is 9.59 Å². The van der Waals surface area contributed by atoms with Crippen LogP contribution >= 0.6 is 11.3 Å². The Balaban J connectivity index is 1.81. The largest absolute Gasteiger partial charge is 0.353 e. The van der Waals surface area contributed by atoms with Crippen LogP contribution in [0.25, 0.3) is 0 Å². The highest BCUT2D eigenvalue weighted by atomic mass is 32.1. The molecular weight excluding hydrogens is 310 g/mol. The van der Waals surface area contributed by atoms with Crippen molar-refractivity contribution in [2.75, 3.05) is 27.2 Å². The molecule has 0 fully saturated rings. The average molecular weight is 331 g/mol. The zero-order chi connectivity index (χ0) is 16.7. The predicted octanol–water partition coefficient (Wildman–Crippen LogP) is 1.90. The predicted molar refractivity (Wildman–Crippen MR) is 92.5 cm³/mol. The van der Waals surface area contributed by atoms with Crippen LogP contribution in [-0.2, 0) is 4.79 Å². The van der Waals surface area contributed by atoms with Crippen molar-refractivity contribution in [1.82, 2.24) is 15.5 Å². The molecule has 0 aliphatic heterocycles. The van der Waals surface area contributed by atoms with Gasteiger partial charge in [-0.05, 0) is 31.1 Å². The van der Waals surface area contributed by atoms with Crippen molar-refractivity contribution in [1.29, 1.82) is 0 Å². The summed E-state index contributed by atoms with van der Waals surface area (Å²) in [6.45, 7) is 0.469. The monoisotopic (exact) mass is 331 g/mol. The van der Waals surface area contributed by atoms with Gasteiger partial charge in [0.05, 0.1) is 17.5 Å². The highest BCUT2D eigenvalue weighted by Gasteiger charge is 2.15. The number of benzene rings is 1. The number of hydrogen-bond donors (Lipinski definition) is 2. The highest BCUT2D eigenvalue weighted by Crippen LogP contribution is 2.16. The Morgan fingerprint density at radius 1 is 1.09 bits per heavy atom. The van der Waals surface area contributed by atoms with Crippen molar-refractivity contribution in [2.45, 2.75) is 6.04 Å². The average Bonchev–Trinajstić information content (AvgIpc) is 3.08. The van der Waals surface area contributed by atoms with Crippen LogP contribution in [0.1, 0.15) is 21.3 Å². The molecule has 122 valence electrons. The fourth-order valence-electron chi connectivity index (χ4n) is 2.20. The van der Waals surface area contributed by atoms with Gasteiger partial charge in [0.15, 0.2) is 0 Å². The molecule has 1 aromatic heterocycles. The normalized spacial score (nSPS) is 12.0. The molecule has 2 N–H and O–H groups in total. The molecule has 0 radical (unpaired) electrons. The van der Waals surface area contributed by atoms with E-state index in [2.05, 4.69) is 15.5 Å². The fraction of sp³-hybridized carbons (Fsp3) is 0.294. The second-order valence-electron chi connectivity index (χ2n) is 5.35. The van der Waals surface area contributed by atoms with Gasteiger partial charge in [0.2, 0.25) is 5.91 Å². The number of carbonyl (C=O) groups is 2. The van der Waals surface area contributed by atoms with Gasteiger partial charge < -0.3 is 15.5 Å². The van der Waals surface area contributed by atoms with Gasteiger partial charge in [-0.1, -0.05) is 36.4 Å². The lowest BCUT2D eigenvalue weighted by molar-refractivity contribution is -0.120. The summed E-state index contributed by atoms with van der Waals surface area (Å²) >= 11 is 1.35. The van der Waals surface area contributed by atoms with Crippen molar-refractivity contribution in [3.05, 3.63) is 58.3 Å². The van der Waals surface area contributed by atoms with E-state index in [0.29, 0.717) is 11.4 Å². The van der Waals surface area contributed by atoms with Crippen LogP contribution in [0.5, 0.6) is 0 Å². The molecule has 5 nitrogen and oxygen atoms in total. The lowest BCUT2D eigenvalue weighted by Crippen LogP contribution is -2.40. The first-order valence-electron chi connectivity index (χ1n) is 7.37. The maximum absolute atomic E-state index is 11.9. The van der Waals surface area contributed by atoms with Crippen LogP contribution < -0.4 is 10.6 Å². The fourth-order valence-corrected chi connectivity index (χ4v) is 2.84. The maximum Gasteiger partial charge on any atom is 0.261 e. The number of nitrogens with one attached hydrogen (secondary N) is 2. The minimum atomic E-state index is -0.220. The van der Waals surface area contributed by atoms with Crippen molar-refractivity contribution < 1.29 is 9.59 Å². The molecule has 2 aromatic rings. The molecule has 0 spiro atoms. The van der Waals surface area contributed by atoms with Gasteiger partial charge in [-0.3, -0.25) is 9.59 Å². The number of hydrogen-bond acceptors (Lipinski definition) is 4. The van der Waals surface area contributed by atoms with Crippen molar-refractivity contribution in [3.63, 3.8) is 0 Å². The summed E-state index contributed by atoms with van der Waals surface area (Å²) < 4.78 is 0. The molecule has 0 aliphatic carbocycles. The van der Waals surface area contributed by atoms with E-state index in [1.54, 1.807) is 12.1 Å². The number of nitrogens with zero attached hydrogens (tertiary/aromatic N) is 1. The van der Waals surface area contributed by atoms with Crippen molar-refractivity contribution in [3.8, 4) is 0 Å². The van der Waals surface area contributed by atoms with Crippen LogP contribution in [0.15, 0.2) is 47.8 Å². The molecule has 0 bridgehead atoms. The minimum absolute atomic E-state index is 0.0222. The zero-order valence-corrected chi connectivity index (χ0v) is 14.1. The molecule has 1 aromatic carbocycles. The molecule has 6 heteroatoms. The Morgan fingerprint density at radius 2 is 1.83 bits per heavy atom. The quantitative estimate of drug-likeness (QED) is 0.814. The molecule has 1 unspecified atom stereocenters. The molecule has 0 saturated carbocycles. The first kappa shape index (κ1) is 17.2. The van der Waals surface area contributed by atoms with E-state index < -0.39 is 0 Å². The minimum Gasteiger partial charge on any atom is -0.353 e. The number of thiophene rings is 1. The third-order valence-corrected chi connectivity index (χ3v) is 4.32. The summed E-state index contributed by atoms with van der Waals surface area (Å²) in [6.07, 6.45) is 0. The second-order valence-corrected chi connectivity index (χ2v) is 6.30. The van der Waals surface area contributed by atoms with Gasteiger partial charge in [-0.2, -0.15) is 0 Å². The number of carbonyl (C=O) groups excluding carboxylic acids is 2. The summed E-state index contributed by atoms with van der Waals surface area (Å²) in [7, 11) is 3.95. The van der Waals surface area contributed by atoms with E-state index in [-0.39, 0.29) is 24.4 Å². The van der Waals surface area contributed by atoms with Gasteiger partial charge in [0.1, 0.15) is 0 Å². The highest BCUT2D eigenvalue weighted by molar-refractivity contribution is 7.12. The first-order valence-corrected chi connectivity index (χ1v) is 8.25. The molecule has 2 amide bonds. The van der Waals surface area contributed by atoms with E-state index in [4.69, 9.17) is 0 Å². The molecule has 0 aliphatic rings. The van der Waals surface area contributed by atoms with Gasteiger partial charge in [-0.15, -0.1) is 11.3 Å². The summed E-state index contributed by atoms with van der Waals surface area (Å²) in [4.78, 5) is 26.4. The topological polar surface area (TPSA) is 61.4 Å². The molecule has 23 heavy (non-hydrogen) atoms. The van der Waals surface area contributed by atoms with Crippen LogP contribution in [0.3, 0.4) is 0 Å². The first-order chi connectivity index (χ1) is 11.1. The summed E-state index contributed by atoms with van der Waals surface area (Å²) in [5.74, 6) is -0.417. The molecule has 1 atom stereocenters. The van der Waals surface area contributed by atoms with Crippen LogP contribution in [-0.4, -0.2) is 43.9 Å². The number of amides is 2. The lowest BCUT2D eigenvalue weighted by Gasteiger charge is -2.25. The Morgan fingerprint density at radius 3 is 2.43 bits per heavy atom. The molecule has 2 rings (SSSR count). The third kappa shape index (κ3) is 5.19. The van der Waals surface area contributed by atoms with E-state index in [1.165, 1.54) is 11.3 Å². The number of rotatable bonds is 7. The standard InChI is InChI=1S/C17H21N3O2S/c1-20(2)14(13-7-4-3-5-8-13)11-18-16(21)12-19-17(22)15-9-6-10-23-15/h3-10,14H,11-12H2,1-2H3,(H,18,21)(H,19,22). The summed E-state index contributed by atoms with van der Waals surface area (Å²) in [6, 6.07) is 13.6. The summed E-state index contributed by atoms with van der Waals surface area (Å²) in [5.41, 5.74) is 1.14. The second kappa shape index (κ2) is 8.45. The molecule has 1 heterocycles. The van der Waals surface area contributed by atoms with Crippen molar-refractivity contribution in [2.24, 2.45) is 0 Å². The SMILES string of the molecule is CN(C)C(CNC(=O)CNC(=O)c1cccs1)c1ccccc1. The van der Waals surface area contributed by atoms with Crippen LogP contribution in [0.2, 0.25) is 0 Å². The third-order valence-electron chi connectivity index (χ3n) is 3.45. The lowest BCUT2D eigenvalue weighted by atomic mass is 10.1. The van der Waals surface area contributed by atoms with Crippen molar-refractivity contribution >= 4 is 23.2 Å². The maximum atomic E-state index is 11.9. The van der Waals surface area contributed by atoms with E-state index >= 15 is 0 Å². The smallest absolute Gasteiger partial charge is 0.261 e. The molecule has 0 saturated heterocycles. The van der Waals surface area contributed by atoms with Crippen LogP contribution in [0.4, 0.5) is 0 Å².